The van der Waals surface area contributed by atoms with Crippen molar-refractivity contribution >= 4 is 33.1 Å². The summed E-state index contributed by atoms with van der Waals surface area (Å²) >= 11 is 5.16. The van der Waals surface area contributed by atoms with Crippen molar-refractivity contribution in [3.8, 4) is 0 Å². The SMILES string of the molecule is CN(CCC(C)(C)C(N)=NO)Cc1csc(Br)c1. The highest BCUT2D eigenvalue weighted by molar-refractivity contribution is 9.11. The van der Waals surface area contributed by atoms with Crippen LogP contribution in [-0.4, -0.2) is 29.5 Å². The highest BCUT2D eigenvalue weighted by Crippen LogP contribution is 2.23. The van der Waals surface area contributed by atoms with Gasteiger partial charge in [-0.2, -0.15) is 0 Å². The molecule has 0 aliphatic carbocycles. The molecule has 0 atom stereocenters. The van der Waals surface area contributed by atoms with E-state index in [0.29, 0.717) is 0 Å². The van der Waals surface area contributed by atoms with E-state index in [-0.39, 0.29) is 11.3 Å². The minimum atomic E-state index is -0.280. The van der Waals surface area contributed by atoms with E-state index >= 15 is 0 Å². The molecule has 18 heavy (non-hydrogen) atoms. The number of nitrogens with two attached hydrogens (primary N) is 1. The van der Waals surface area contributed by atoms with Crippen molar-refractivity contribution in [1.82, 2.24) is 4.90 Å². The van der Waals surface area contributed by atoms with Crippen LogP contribution in [0.3, 0.4) is 0 Å². The molecule has 1 aromatic rings. The zero-order valence-electron chi connectivity index (χ0n) is 11.0. The summed E-state index contributed by atoms with van der Waals surface area (Å²) in [5, 5.41) is 14.0. The van der Waals surface area contributed by atoms with Crippen LogP contribution in [0, 0.1) is 5.41 Å². The van der Waals surface area contributed by atoms with Crippen molar-refractivity contribution in [3.63, 3.8) is 0 Å². The quantitative estimate of drug-likeness (QED) is 0.364. The van der Waals surface area contributed by atoms with Crippen LogP contribution in [-0.2, 0) is 6.54 Å². The average Bonchev–Trinajstić information content (AvgIpc) is 2.71. The first-order chi connectivity index (χ1) is 8.35. The molecule has 102 valence electrons. The first-order valence-electron chi connectivity index (χ1n) is 5.74. The van der Waals surface area contributed by atoms with E-state index in [1.54, 1.807) is 11.3 Å². The number of rotatable bonds is 6. The minimum Gasteiger partial charge on any atom is -0.409 e. The van der Waals surface area contributed by atoms with E-state index in [1.807, 2.05) is 13.8 Å². The fourth-order valence-corrected chi connectivity index (χ4v) is 2.75. The number of halogens is 1. The molecule has 1 heterocycles. The van der Waals surface area contributed by atoms with Gasteiger partial charge in [-0.05, 0) is 53.0 Å². The summed E-state index contributed by atoms with van der Waals surface area (Å²) in [6.45, 7) is 5.78. The lowest BCUT2D eigenvalue weighted by molar-refractivity contribution is 0.272. The van der Waals surface area contributed by atoms with Gasteiger partial charge in [0.1, 0.15) is 5.84 Å². The fourth-order valence-electron chi connectivity index (χ4n) is 1.55. The molecule has 0 aromatic carbocycles. The summed E-state index contributed by atoms with van der Waals surface area (Å²) in [6.07, 6.45) is 0.852. The number of oxime groups is 1. The number of nitrogens with zero attached hydrogens (tertiary/aromatic N) is 2. The van der Waals surface area contributed by atoms with Crippen molar-refractivity contribution in [2.45, 2.75) is 26.8 Å². The molecule has 1 aromatic heterocycles. The smallest absolute Gasteiger partial charge is 0.144 e. The Balaban J connectivity index is 2.44. The third-order valence-corrected chi connectivity index (χ3v) is 4.55. The van der Waals surface area contributed by atoms with Crippen molar-refractivity contribution < 1.29 is 5.21 Å². The maximum Gasteiger partial charge on any atom is 0.144 e. The van der Waals surface area contributed by atoms with Gasteiger partial charge in [0.15, 0.2) is 0 Å². The summed E-state index contributed by atoms with van der Waals surface area (Å²) in [5.74, 6) is 0.286. The molecule has 4 nitrogen and oxygen atoms in total. The zero-order chi connectivity index (χ0) is 13.8. The molecule has 0 radical (unpaired) electrons. The first-order valence-corrected chi connectivity index (χ1v) is 7.42. The number of hydrogen-bond donors (Lipinski definition) is 2. The lowest BCUT2D eigenvalue weighted by Gasteiger charge is -2.26. The second-order valence-electron chi connectivity index (χ2n) is 5.12. The fraction of sp³-hybridized carbons (Fsp3) is 0.583. The van der Waals surface area contributed by atoms with Crippen molar-refractivity contribution in [2.75, 3.05) is 13.6 Å². The van der Waals surface area contributed by atoms with E-state index in [9.17, 15) is 0 Å². The van der Waals surface area contributed by atoms with E-state index in [4.69, 9.17) is 10.9 Å². The van der Waals surface area contributed by atoms with Crippen LogP contribution < -0.4 is 5.73 Å². The van der Waals surface area contributed by atoms with E-state index < -0.39 is 0 Å². The molecule has 0 fully saturated rings. The normalized spacial score (nSPS) is 13.3. The summed E-state index contributed by atoms with van der Waals surface area (Å²) in [7, 11) is 2.08. The van der Waals surface area contributed by atoms with Gasteiger partial charge in [0.05, 0.1) is 3.79 Å². The molecule has 1 rings (SSSR count). The van der Waals surface area contributed by atoms with Crippen LogP contribution in [0.25, 0.3) is 0 Å². The minimum absolute atomic E-state index is 0.280. The van der Waals surface area contributed by atoms with Gasteiger partial charge in [-0.15, -0.1) is 11.3 Å². The lowest BCUT2D eigenvalue weighted by atomic mass is 9.88. The molecule has 0 aliphatic rings. The van der Waals surface area contributed by atoms with Gasteiger partial charge in [0, 0.05) is 12.0 Å². The van der Waals surface area contributed by atoms with Gasteiger partial charge in [-0.3, -0.25) is 0 Å². The van der Waals surface area contributed by atoms with Gasteiger partial charge in [-0.25, -0.2) is 0 Å². The Kier molecular flexibility index (Phi) is 5.62. The average molecular weight is 334 g/mol. The third kappa shape index (κ3) is 4.59. The Morgan fingerprint density at radius 2 is 2.28 bits per heavy atom. The summed E-state index contributed by atoms with van der Waals surface area (Å²) in [4.78, 5) is 2.24. The monoisotopic (exact) mass is 333 g/mol. The standard InChI is InChI=1S/C12H20BrN3OS/c1-12(2,11(14)15-17)4-5-16(3)7-9-6-10(13)18-8-9/h6,8,17H,4-5,7H2,1-3H3,(H2,14,15). The molecule has 0 aliphatic heterocycles. The number of thiophene rings is 1. The van der Waals surface area contributed by atoms with Crippen molar-refractivity contribution in [1.29, 1.82) is 0 Å². The summed E-state index contributed by atoms with van der Waals surface area (Å²) in [6, 6.07) is 2.13. The highest BCUT2D eigenvalue weighted by atomic mass is 79.9. The molecular formula is C12H20BrN3OS. The summed E-state index contributed by atoms with van der Waals surface area (Å²) < 4.78 is 1.16. The Bertz CT molecular complexity index is 417. The van der Waals surface area contributed by atoms with Crippen LogP contribution in [0.1, 0.15) is 25.8 Å². The molecule has 0 saturated carbocycles. The molecular weight excluding hydrogens is 314 g/mol. The molecule has 6 heteroatoms. The van der Waals surface area contributed by atoms with Crippen LogP contribution in [0.5, 0.6) is 0 Å². The predicted molar refractivity (Wildman–Crippen MR) is 80.2 cm³/mol. The lowest BCUT2D eigenvalue weighted by Crippen LogP contribution is -2.35. The van der Waals surface area contributed by atoms with Gasteiger partial charge in [0.2, 0.25) is 0 Å². The maximum atomic E-state index is 8.72. The van der Waals surface area contributed by atoms with E-state index in [2.05, 4.69) is 44.5 Å². The topological polar surface area (TPSA) is 61.8 Å². The molecule has 0 saturated heterocycles. The van der Waals surface area contributed by atoms with Crippen molar-refractivity contribution in [2.24, 2.45) is 16.3 Å². The second-order valence-corrected chi connectivity index (χ2v) is 7.41. The van der Waals surface area contributed by atoms with Crippen LogP contribution in [0.2, 0.25) is 0 Å². The van der Waals surface area contributed by atoms with Gasteiger partial charge in [-0.1, -0.05) is 19.0 Å². The molecule has 0 amide bonds. The zero-order valence-corrected chi connectivity index (χ0v) is 13.4. The largest absolute Gasteiger partial charge is 0.409 e. The Morgan fingerprint density at radius 3 is 2.78 bits per heavy atom. The first kappa shape index (κ1) is 15.5. The number of amidine groups is 1. The molecule has 0 bridgehead atoms. The van der Waals surface area contributed by atoms with Crippen LogP contribution in [0.4, 0.5) is 0 Å². The third-order valence-electron chi connectivity index (χ3n) is 2.99. The molecule has 3 N–H and O–H groups in total. The highest BCUT2D eigenvalue weighted by Gasteiger charge is 2.23. The second kappa shape index (κ2) is 6.54. The predicted octanol–water partition coefficient (Wildman–Crippen LogP) is 3.11. The Hall–Kier alpha value is -0.590. The van der Waals surface area contributed by atoms with Crippen LogP contribution in [0.15, 0.2) is 20.4 Å². The van der Waals surface area contributed by atoms with Gasteiger partial charge >= 0.3 is 0 Å². The molecule has 0 unspecified atom stereocenters. The van der Waals surface area contributed by atoms with E-state index in [0.717, 1.165) is 23.3 Å². The van der Waals surface area contributed by atoms with Gasteiger partial charge < -0.3 is 15.8 Å². The molecule has 0 spiro atoms. The van der Waals surface area contributed by atoms with Gasteiger partial charge in [0.25, 0.3) is 0 Å². The number of hydrogen-bond acceptors (Lipinski definition) is 4. The summed E-state index contributed by atoms with van der Waals surface area (Å²) in [5.41, 5.74) is 6.69. The Labute approximate surface area is 121 Å². The van der Waals surface area contributed by atoms with Crippen molar-refractivity contribution in [3.05, 3.63) is 20.8 Å². The maximum absolute atomic E-state index is 8.72. The van der Waals surface area contributed by atoms with Crippen LogP contribution >= 0.6 is 27.3 Å². The van der Waals surface area contributed by atoms with E-state index in [1.165, 1.54) is 5.56 Å². The Morgan fingerprint density at radius 1 is 1.61 bits per heavy atom.